The maximum absolute atomic E-state index is 12.7. The SMILES string of the molecule is O=C(O)c1cc(N2CCOCC2)cc2[nH]c(C(F)F)nc12. The van der Waals surface area contributed by atoms with Crippen LogP contribution in [0.15, 0.2) is 12.1 Å². The van der Waals surface area contributed by atoms with E-state index in [2.05, 4.69) is 9.97 Å². The number of fused-ring (bicyclic) bond motifs is 1. The molecular formula is C13H13F2N3O3. The standard InChI is InChI=1S/C13H13F2N3O3/c14-11(15)12-16-9-6-7(18-1-3-21-4-2-18)5-8(13(19)20)10(9)17-12/h5-6,11H,1-4H2,(H,16,17)(H,19,20). The topological polar surface area (TPSA) is 78.5 Å². The maximum Gasteiger partial charge on any atom is 0.338 e. The van der Waals surface area contributed by atoms with Crippen LogP contribution in [0.2, 0.25) is 0 Å². The summed E-state index contributed by atoms with van der Waals surface area (Å²) in [6.07, 6.45) is -2.77. The van der Waals surface area contributed by atoms with Crippen molar-refractivity contribution in [3.63, 3.8) is 0 Å². The summed E-state index contributed by atoms with van der Waals surface area (Å²) in [5.41, 5.74) is 0.923. The molecule has 0 atom stereocenters. The van der Waals surface area contributed by atoms with Crippen LogP contribution in [0.25, 0.3) is 11.0 Å². The second-order valence-electron chi connectivity index (χ2n) is 4.72. The van der Waals surface area contributed by atoms with Crippen molar-refractivity contribution in [2.24, 2.45) is 0 Å². The first-order valence-electron chi connectivity index (χ1n) is 6.44. The molecule has 0 spiro atoms. The zero-order valence-corrected chi connectivity index (χ0v) is 11.0. The number of anilines is 1. The predicted octanol–water partition coefficient (Wildman–Crippen LogP) is 2.04. The molecule has 0 aliphatic carbocycles. The van der Waals surface area contributed by atoms with Crippen molar-refractivity contribution in [2.45, 2.75) is 6.43 Å². The Labute approximate surface area is 118 Å². The number of halogens is 2. The Kier molecular flexibility index (Phi) is 3.46. The molecule has 1 aliphatic rings. The minimum absolute atomic E-state index is 0.0507. The van der Waals surface area contributed by atoms with Gasteiger partial charge in [0, 0.05) is 18.8 Å². The van der Waals surface area contributed by atoms with Crippen molar-refractivity contribution in [1.82, 2.24) is 9.97 Å². The Hall–Kier alpha value is -2.22. The Morgan fingerprint density at radius 3 is 2.71 bits per heavy atom. The molecule has 8 heteroatoms. The molecule has 2 aromatic rings. The number of nitrogens with one attached hydrogen (secondary N) is 1. The van der Waals surface area contributed by atoms with Gasteiger partial charge in [-0.15, -0.1) is 0 Å². The Morgan fingerprint density at radius 1 is 1.38 bits per heavy atom. The smallest absolute Gasteiger partial charge is 0.338 e. The Morgan fingerprint density at radius 2 is 2.10 bits per heavy atom. The summed E-state index contributed by atoms with van der Waals surface area (Å²) < 4.78 is 30.7. The van der Waals surface area contributed by atoms with Crippen LogP contribution in [0.4, 0.5) is 14.5 Å². The van der Waals surface area contributed by atoms with Gasteiger partial charge in [-0.2, -0.15) is 0 Å². The molecule has 3 rings (SSSR count). The average molecular weight is 297 g/mol. The van der Waals surface area contributed by atoms with E-state index < -0.39 is 18.2 Å². The third kappa shape index (κ3) is 2.54. The molecule has 1 fully saturated rings. The number of carbonyl (C=O) groups is 1. The van der Waals surface area contributed by atoms with E-state index in [4.69, 9.17) is 4.74 Å². The van der Waals surface area contributed by atoms with Crippen LogP contribution in [-0.2, 0) is 4.74 Å². The molecule has 1 aliphatic heterocycles. The van der Waals surface area contributed by atoms with Gasteiger partial charge in [0.15, 0.2) is 5.82 Å². The highest BCUT2D eigenvalue weighted by atomic mass is 19.3. The number of ether oxygens (including phenoxy) is 1. The first kappa shape index (κ1) is 13.7. The van der Waals surface area contributed by atoms with Crippen molar-refractivity contribution in [2.75, 3.05) is 31.2 Å². The van der Waals surface area contributed by atoms with Gasteiger partial charge in [-0.05, 0) is 12.1 Å². The maximum atomic E-state index is 12.7. The van der Waals surface area contributed by atoms with E-state index in [0.717, 1.165) is 0 Å². The number of H-pyrrole nitrogens is 1. The summed E-state index contributed by atoms with van der Waals surface area (Å²) >= 11 is 0. The van der Waals surface area contributed by atoms with Crippen LogP contribution < -0.4 is 4.90 Å². The summed E-state index contributed by atoms with van der Waals surface area (Å²) in [6, 6.07) is 3.11. The minimum Gasteiger partial charge on any atom is -0.478 e. The van der Waals surface area contributed by atoms with Crippen molar-refractivity contribution in [1.29, 1.82) is 0 Å². The molecule has 6 nitrogen and oxygen atoms in total. The van der Waals surface area contributed by atoms with Crippen LogP contribution in [0.1, 0.15) is 22.6 Å². The number of benzene rings is 1. The summed E-state index contributed by atoms with van der Waals surface area (Å²) in [7, 11) is 0. The van der Waals surface area contributed by atoms with E-state index in [1.165, 1.54) is 6.07 Å². The van der Waals surface area contributed by atoms with Crippen LogP contribution >= 0.6 is 0 Å². The summed E-state index contributed by atoms with van der Waals surface area (Å²) in [6.45, 7) is 2.35. The number of carboxylic acid groups (broad SMARTS) is 1. The number of morpholine rings is 1. The second kappa shape index (κ2) is 5.28. The number of rotatable bonds is 3. The van der Waals surface area contributed by atoms with Crippen molar-refractivity contribution >= 4 is 22.7 Å². The van der Waals surface area contributed by atoms with Crippen LogP contribution in [-0.4, -0.2) is 47.3 Å². The highest BCUT2D eigenvalue weighted by Crippen LogP contribution is 2.28. The van der Waals surface area contributed by atoms with Crippen molar-refractivity contribution in [3.8, 4) is 0 Å². The lowest BCUT2D eigenvalue weighted by atomic mass is 10.1. The zero-order chi connectivity index (χ0) is 15.0. The summed E-state index contributed by atoms with van der Waals surface area (Å²) in [4.78, 5) is 19.5. The molecule has 0 saturated carbocycles. The molecule has 0 radical (unpaired) electrons. The van der Waals surface area contributed by atoms with Crippen LogP contribution in [0, 0.1) is 0 Å². The average Bonchev–Trinajstić information content (AvgIpc) is 2.91. The molecule has 0 amide bonds. The fraction of sp³-hybridized carbons (Fsp3) is 0.385. The van der Waals surface area contributed by atoms with Gasteiger partial charge in [-0.1, -0.05) is 0 Å². The first-order chi connectivity index (χ1) is 10.1. The lowest BCUT2D eigenvalue weighted by molar-refractivity contribution is 0.0698. The number of hydrogen-bond acceptors (Lipinski definition) is 4. The Bertz CT molecular complexity index is 681. The van der Waals surface area contributed by atoms with Gasteiger partial charge >= 0.3 is 5.97 Å². The van der Waals surface area contributed by atoms with E-state index in [-0.39, 0.29) is 11.1 Å². The molecular weight excluding hydrogens is 284 g/mol. The molecule has 0 bridgehead atoms. The molecule has 2 heterocycles. The lowest BCUT2D eigenvalue weighted by Gasteiger charge is -2.29. The van der Waals surface area contributed by atoms with Gasteiger partial charge in [-0.3, -0.25) is 0 Å². The predicted molar refractivity (Wildman–Crippen MR) is 71.0 cm³/mol. The van der Waals surface area contributed by atoms with Gasteiger partial charge in [0.05, 0.1) is 24.3 Å². The van der Waals surface area contributed by atoms with E-state index in [0.29, 0.717) is 37.5 Å². The number of imidazole rings is 1. The monoisotopic (exact) mass is 297 g/mol. The second-order valence-corrected chi connectivity index (χ2v) is 4.72. The van der Waals surface area contributed by atoms with Gasteiger partial charge in [-0.25, -0.2) is 18.6 Å². The van der Waals surface area contributed by atoms with Crippen LogP contribution in [0.3, 0.4) is 0 Å². The number of carboxylic acids is 1. The number of nitrogens with zero attached hydrogens (tertiary/aromatic N) is 2. The molecule has 1 aromatic heterocycles. The lowest BCUT2D eigenvalue weighted by Crippen LogP contribution is -2.36. The first-order valence-corrected chi connectivity index (χ1v) is 6.44. The summed E-state index contributed by atoms with van der Waals surface area (Å²) in [5.74, 6) is -1.71. The molecule has 112 valence electrons. The number of aromatic nitrogens is 2. The molecule has 1 saturated heterocycles. The number of aromatic carboxylic acids is 1. The molecule has 0 unspecified atom stereocenters. The van der Waals surface area contributed by atoms with E-state index >= 15 is 0 Å². The van der Waals surface area contributed by atoms with Gasteiger partial charge in [0.1, 0.15) is 5.52 Å². The largest absolute Gasteiger partial charge is 0.478 e. The van der Waals surface area contributed by atoms with Crippen molar-refractivity contribution in [3.05, 3.63) is 23.5 Å². The number of alkyl halides is 2. The van der Waals surface area contributed by atoms with E-state index in [9.17, 15) is 18.7 Å². The van der Waals surface area contributed by atoms with Gasteiger partial charge in [0.25, 0.3) is 6.43 Å². The number of hydrogen-bond donors (Lipinski definition) is 2. The van der Waals surface area contributed by atoms with Gasteiger partial charge in [0.2, 0.25) is 0 Å². The third-order valence-corrected chi connectivity index (χ3v) is 3.40. The fourth-order valence-corrected chi connectivity index (χ4v) is 2.39. The van der Waals surface area contributed by atoms with Crippen molar-refractivity contribution < 1.29 is 23.4 Å². The Balaban J connectivity index is 2.12. The van der Waals surface area contributed by atoms with Crippen LogP contribution in [0.5, 0.6) is 0 Å². The summed E-state index contributed by atoms with van der Waals surface area (Å²) in [5, 5.41) is 9.27. The van der Waals surface area contributed by atoms with E-state index in [1.54, 1.807) is 6.07 Å². The van der Waals surface area contributed by atoms with E-state index in [1.807, 2.05) is 4.90 Å². The third-order valence-electron chi connectivity index (χ3n) is 3.40. The highest BCUT2D eigenvalue weighted by Gasteiger charge is 2.21. The minimum atomic E-state index is -2.77. The molecule has 1 aromatic carbocycles. The molecule has 2 N–H and O–H groups in total. The zero-order valence-electron chi connectivity index (χ0n) is 11.0. The number of aromatic amines is 1. The normalized spacial score (nSPS) is 15.9. The highest BCUT2D eigenvalue weighted by molar-refractivity contribution is 6.02. The molecule has 21 heavy (non-hydrogen) atoms. The quantitative estimate of drug-likeness (QED) is 0.906. The van der Waals surface area contributed by atoms with Gasteiger partial charge < -0.3 is 19.7 Å². The fourth-order valence-electron chi connectivity index (χ4n) is 2.39.